The van der Waals surface area contributed by atoms with Crippen LogP contribution in [0, 0.1) is 0 Å². The minimum atomic E-state index is -0.168. The number of hydrogen-bond donors (Lipinski definition) is 2. The van der Waals surface area contributed by atoms with Crippen molar-refractivity contribution in [3.05, 3.63) is 72.6 Å². The zero-order chi connectivity index (χ0) is 20.6. The Morgan fingerprint density at radius 2 is 1.52 bits per heavy atom. The van der Waals surface area contributed by atoms with E-state index >= 15 is 0 Å². The van der Waals surface area contributed by atoms with Crippen LogP contribution in [0.2, 0.25) is 0 Å². The predicted octanol–water partition coefficient (Wildman–Crippen LogP) is 5.33. The number of hydrogen-bond acceptors (Lipinski definition) is 4. The predicted molar refractivity (Wildman–Crippen MR) is 119 cm³/mol. The van der Waals surface area contributed by atoms with E-state index in [1.165, 1.54) is 0 Å². The van der Waals surface area contributed by atoms with Gasteiger partial charge in [-0.1, -0.05) is 38.1 Å². The van der Waals surface area contributed by atoms with Gasteiger partial charge in [-0.05, 0) is 54.3 Å². The van der Waals surface area contributed by atoms with Gasteiger partial charge < -0.3 is 15.3 Å². The van der Waals surface area contributed by atoms with E-state index in [2.05, 4.69) is 29.0 Å². The number of nitrogens with one attached hydrogen (secondary N) is 1. The lowest BCUT2D eigenvalue weighted by Crippen LogP contribution is -2.25. The fraction of sp³-hybridized carbons (Fsp3) is 0.250. The topological polar surface area (TPSA) is 65.5 Å². The average Bonchev–Trinajstić information content (AvgIpc) is 2.74. The van der Waals surface area contributed by atoms with Crippen molar-refractivity contribution >= 4 is 17.3 Å². The smallest absolute Gasteiger partial charge is 0.255 e. The van der Waals surface area contributed by atoms with Crippen LogP contribution in [0.1, 0.15) is 37.0 Å². The van der Waals surface area contributed by atoms with E-state index in [0.29, 0.717) is 11.3 Å². The number of benzene rings is 2. The van der Waals surface area contributed by atoms with Crippen LogP contribution in [-0.4, -0.2) is 29.1 Å². The third kappa shape index (κ3) is 5.35. The average molecular weight is 389 g/mol. The zero-order valence-electron chi connectivity index (χ0n) is 16.9. The van der Waals surface area contributed by atoms with Gasteiger partial charge in [-0.15, -0.1) is 0 Å². The molecule has 0 aliphatic heterocycles. The molecular formula is C24H27N3O2. The van der Waals surface area contributed by atoms with Crippen molar-refractivity contribution in [2.24, 2.45) is 0 Å². The SMILES string of the molecule is CCCN(CCC)c1cncc(NC(=O)c2ccc(-c3ccc(O)cc3)cc2)c1. The normalized spacial score (nSPS) is 10.6. The van der Waals surface area contributed by atoms with Crippen molar-refractivity contribution in [3.63, 3.8) is 0 Å². The van der Waals surface area contributed by atoms with E-state index < -0.39 is 0 Å². The number of pyridine rings is 1. The number of carbonyl (C=O) groups excluding carboxylic acids is 1. The molecule has 1 amide bonds. The molecule has 0 unspecified atom stereocenters. The molecule has 0 radical (unpaired) electrons. The molecular weight excluding hydrogens is 362 g/mol. The molecule has 5 nitrogen and oxygen atoms in total. The minimum absolute atomic E-state index is 0.168. The lowest BCUT2D eigenvalue weighted by molar-refractivity contribution is 0.102. The molecule has 1 heterocycles. The van der Waals surface area contributed by atoms with Crippen molar-refractivity contribution in [3.8, 4) is 16.9 Å². The summed E-state index contributed by atoms with van der Waals surface area (Å²) < 4.78 is 0. The zero-order valence-corrected chi connectivity index (χ0v) is 16.9. The van der Waals surface area contributed by atoms with Crippen LogP contribution in [0.5, 0.6) is 5.75 Å². The summed E-state index contributed by atoms with van der Waals surface area (Å²) in [5.74, 6) is 0.0655. The van der Waals surface area contributed by atoms with Crippen molar-refractivity contribution in [1.82, 2.24) is 4.98 Å². The Kier molecular flexibility index (Phi) is 6.85. The first-order valence-corrected chi connectivity index (χ1v) is 10.0. The Labute approximate surface area is 172 Å². The van der Waals surface area contributed by atoms with Gasteiger partial charge in [0.15, 0.2) is 0 Å². The van der Waals surface area contributed by atoms with Crippen molar-refractivity contribution in [2.75, 3.05) is 23.3 Å². The van der Waals surface area contributed by atoms with Gasteiger partial charge in [0.25, 0.3) is 5.91 Å². The van der Waals surface area contributed by atoms with Crippen molar-refractivity contribution in [1.29, 1.82) is 0 Å². The highest BCUT2D eigenvalue weighted by Gasteiger charge is 2.10. The maximum atomic E-state index is 12.7. The molecule has 2 N–H and O–H groups in total. The number of rotatable bonds is 8. The standard InChI is InChI=1S/C24H27N3O2/c1-3-13-27(14-4-2)22-15-21(16-25-17-22)26-24(29)20-7-5-18(6-8-20)19-9-11-23(28)12-10-19/h5-12,15-17,28H,3-4,13-14H2,1-2H3,(H,26,29). The molecule has 0 aliphatic carbocycles. The first-order valence-electron chi connectivity index (χ1n) is 10.0. The number of anilines is 2. The fourth-order valence-electron chi connectivity index (χ4n) is 3.25. The number of amides is 1. The fourth-order valence-corrected chi connectivity index (χ4v) is 3.25. The molecule has 5 heteroatoms. The van der Waals surface area contributed by atoms with E-state index in [9.17, 15) is 9.90 Å². The summed E-state index contributed by atoms with van der Waals surface area (Å²) in [6.07, 6.45) is 5.63. The monoisotopic (exact) mass is 389 g/mol. The second kappa shape index (κ2) is 9.73. The lowest BCUT2D eigenvalue weighted by Gasteiger charge is -2.23. The number of aromatic hydroxyl groups is 1. The van der Waals surface area contributed by atoms with Gasteiger partial charge in [-0.3, -0.25) is 9.78 Å². The highest BCUT2D eigenvalue weighted by atomic mass is 16.3. The first-order chi connectivity index (χ1) is 14.1. The molecule has 3 aromatic rings. The van der Waals surface area contributed by atoms with Gasteiger partial charge in [-0.2, -0.15) is 0 Å². The third-order valence-corrected chi connectivity index (χ3v) is 4.68. The molecule has 3 rings (SSSR count). The Hall–Kier alpha value is -3.34. The molecule has 1 aromatic heterocycles. The first kappa shape index (κ1) is 20.4. The number of aromatic nitrogens is 1. The number of phenols is 1. The molecule has 0 aliphatic rings. The van der Waals surface area contributed by atoms with Crippen LogP contribution >= 0.6 is 0 Å². The van der Waals surface area contributed by atoms with Crippen molar-refractivity contribution < 1.29 is 9.90 Å². The summed E-state index contributed by atoms with van der Waals surface area (Å²) >= 11 is 0. The van der Waals surface area contributed by atoms with E-state index in [4.69, 9.17) is 0 Å². The molecule has 0 spiro atoms. The van der Waals surface area contributed by atoms with E-state index in [-0.39, 0.29) is 11.7 Å². The summed E-state index contributed by atoms with van der Waals surface area (Å²) in [6, 6.07) is 16.4. The van der Waals surface area contributed by atoms with E-state index in [1.807, 2.05) is 36.5 Å². The Balaban J connectivity index is 1.71. The Morgan fingerprint density at radius 3 is 2.10 bits per heavy atom. The molecule has 150 valence electrons. The van der Waals surface area contributed by atoms with Gasteiger partial charge in [0.1, 0.15) is 5.75 Å². The summed E-state index contributed by atoms with van der Waals surface area (Å²) in [4.78, 5) is 19.2. The minimum Gasteiger partial charge on any atom is -0.508 e. The number of nitrogens with zero attached hydrogens (tertiary/aromatic N) is 2. The van der Waals surface area contributed by atoms with Crippen LogP contribution in [0.25, 0.3) is 11.1 Å². The second-order valence-electron chi connectivity index (χ2n) is 7.00. The maximum absolute atomic E-state index is 12.7. The van der Waals surface area contributed by atoms with Crippen LogP contribution in [-0.2, 0) is 0 Å². The molecule has 0 bridgehead atoms. The Morgan fingerprint density at radius 1 is 0.931 bits per heavy atom. The molecule has 0 saturated carbocycles. The largest absolute Gasteiger partial charge is 0.508 e. The van der Waals surface area contributed by atoms with E-state index in [0.717, 1.165) is 42.7 Å². The van der Waals surface area contributed by atoms with Crippen LogP contribution in [0.15, 0.2) is 67.0 Å². The number of phenolic OH excluding ortho intramolecular Hbond substituents is 1. The number of carbonyl (C=O) groups is 1. The summed E-state index contributed by atoms with van der Waals surface area (Å²) in [6.45, 7) is 6.24. The van der Waals surface area contributed by atoms with Gasteiger partial charge in [0.2, 0.25) is 0 Å². The molecule has 29 heavy (non-hydrogen) atoms. The summed E-state index contributed by atoms with van der Waals surface area (Å²) in [7, 11) is 0. The molecule has 0 saturated heterocycles. The van der Waals surface area contributed by atoms with Gasteiger partial charge >= 0.3 is 0 Å². The van der Waals surface area contributed by atoms with E-state index in [1.54, 1.807) is 30.5 Å². The second-order valence-corrected chi connectivity index (χ2v) is 7.00. The van der Waals surface area contributed by atoms with Gasteiger partial charge in [-0.25, -0.2) is 0 Å². The maximum Gasteiger partial charge on any atom is 0.255 e. The van der Waals surface area contributed by atoms with Crippen LogP contribution < -0.4 is 10.2 Å². The summed E-state index contributed by atoms with van der Waals surface area (Å²) in [5, 5.41) is 12.4. The van der Waals surface area contributed by atoms with Crippen LogP contribution in [0.3, 0.4) is 0 Å². The summed E-state index contributed by atoms with van der Waals surface area (Å²) in [5.41, 5.74) is 4.26. The molecule has 0 atom stereocenters. The Bertz CT molecular complexity index is 931. The molecule has 2 aromatic carbocycles. The molecule has 0 fully saturated rings. The van der Waals surface area contributed by atoms with Crippen molar-refractivity contribution in [2.45, 2.75) is 26.7 Å². The van der Waals surface area contributed by atoms with Gasteiger partial charge in [0.05, 0.1) is 23.8 Å². The highest BCUT2D eigenvalue weighted by molar-refractivity contribution is 6.04. The van der Waals surface area contributed by atoms with Crippen LogP contribution in [0.4, 0.5) is 11.4 Å². The highest BCUT2D eigenvalue weighted by Crippen LogP contribution is 2.23. The lowest BCUT2D eigenvalue weighted by atomic mass is 10.0. The van der Waals surface area contributed by atoms with Gasteiger partial charge in [0, 0.05) is 18.7 Å². The quantitative estimate of drug-likeness (QED) is 0.546. The third-order valence-electron chi connectivity index (χ3n) is 4.68.